The molecule has 0 saturated carbocycles. The molecule has 2 heterocycles. The summed E-state index contributed by atoms with van der Waals surface area (Å²) in [5, 5.41) is 8.99. The van der Waals surface area contributed by atoms with Crippen LogP contribution in [0, 0.1) is 6.92 Å². The minimum atomic E-state index is -1.18. The maximum atomic E-state index is 13.0. The van der Waals surface area contributed by atoms with Crippen LogP contribution in [0.4, 0.5) is 0 Å². The Labute approximate surface area is 139 Å². The third kappa shape index (κ3) is 2.76. The van der Waals surface area contributed by atoms with Crippen LogP contribution in [0.1, 0.15) is 27.2 Å². The lowest BCUT2D eigenvalue weighted by Crippen LogP contribution is -2.33. The van der Waals surface area contributed by atoms with E-state index < -0.39 is 11.5 Å². The van der Waals surface area contributed by atoms with E-state index in [9.17, 15) is 9.59 Å². The molecule has 5 nitrogen and oxygen atoms in total. The van der Waals surface area contributed by atoms with Gasteiger partial charge in [-0.25, -0.2) is 4.79 Å². The Kier molecular flexibility index (Phi) is 4.08. The molecule has 0 saturated heterocycles. The van der Waals surface area contributed by atoms with Crippen molar-refractivity contribution in [1.82, 2.24) is 4.98 Å². The van der Waals surface area contributed by atoms with E-state index >= 15 is 0 Å². The first kappa shape index (κ1) is 15.8. The van der Waals surface area contributed by atoms with Gasteiger partial charge in [0, 0.05) is 18.8 Å². The van der Waals surface area contributed by atoms with Crippen molar-refractivity contribution in [2.45, 2.75) is 18.9 Å². The molecule has 1 aliphatic heterocycles. The van der Waals surface area contributed by atoms with E-state index in [-0.39, 0.29) is 17.8 Å². The molecule has 1 N–H and O–H groups in total. The Balaban J connectivity index is 1.95. The molecule has 120 valence electrons. The zero-order valence-electron chi connectivity index (χ0n) is 13.1. The standard InChI is InChI=1S/C19H16N2O3/c1-13-5-2-3-6-14(13)11-17(22)19(9-4-10-21-19)16-8-7-15(12-20-16)18(23)24/h2-10,12H,11H2,1H3,(H,23,24). The highest BCUT2D eigenvalue weighted by molar-refractivity contribution is 5.98. The van der Waals surface area contributed by atoms with Crippen molar-refractivity contribution in [2.24, 2.45) is 4.99 Å². The van der Waals surface area contributed by atoms with Crippen molar-refractivity contribution >= 4 is 18.0 Å². The van der Waals surface area contributed by atoms with Gasteiger partial charge >= 0.3 is 5.97 Å². The number of aryl methyl sites for hydroxylation is 1. The lowest BCUT2D eigenvalue weighted by atomic mass is 9.86. The molecule has 2 aromatic rings. The Morgan fingerprint density at radius 3 is 2.54 bits per heavy atom. The Bertz CT molecular complexity index is 839. The molecular formula is C19H16N2O3. The molecule has 0 radical (unpaired) electrons. The van der Waals surface area contributed by atoms with Gasteiger partial charge < -0.3 is 5.11 Å². The summed E-state index contributed by atoms with van der Waals surface area (Å²) in [6.45, 7) is 1.96. The molecule has 0 fully saturated rings. The monoisotopic (exact) mass is 320 g/mol. The molecule has 1 aromatic heterocycles. The molecule has 0 aliphatic carbocycles. The third-order valence-corrected chi connectivity index (χ3v) is 4.14. The Hall–Kier alpha value is -3.08. The smallest absolute Gasteiger partial charge is 0.337 e. The fourth-order valence-electron chi connectivity index (χ4n) is 2.71. The van der Waals surface area contributed by atoms with Crippen molar-refractivity contribution in [2.75, 3.05) is 0 Å². The van der Waals surface area contributed by atoms with Crippen molar-refractivity contribution < 1.29 is 14.7 Å². The number of carboxylic acids is 1. The average Bonchev–Trinajstić information content (AvgIpc) is 3.08. The fraction of sp³-hybridized carbons (Fsp3) is 0.158. The summed E-state index contributed by atoms with van der Waals surface area (Å²) in [6, 6.07) is 10.7. The van der Waals surface area contributed by atoms with Crippen LogP contribution in [-0.2, 0) is 16.8 Å². The SMILES string of the molecule is Cc1ccccc1CC(=O)C1(c2ccc(C(=O)O)cn2)C=CC=N1. The number of rotatable bonds is 5. The highest BCUT2D eigenvalue weighted by atomic mass is 16.4. The maximum Gasteiger partial charge on any atom is 0.337 e. The van der Waals surface area contributed by atoms with Crippen molar-refractivity contribution in [1.29, 1.82) is 0 Å². The second-order valence-corrected chi connectivity index (χ2v) is 5.67. The minimum absolute atomic E-state index is 0.0752. The number of aromatic nitrogens is 1. The molecule has 5 heteroatoms. The number of hydrogen-bond acceptors (Lipinski definition) is 4. The number of carbonyl (C=O) groups excluding carboxylic acids is 1. The Morgan fingerprint density at radius 2 is 1.96 bits per heavy atom. The van der Waals surface area contributed by atoms with E-state index in [1.54, 1.807) is 24.4 Å². The van der Waals surface area contributed by atoms with Gasteiger partial charge in [0.1, 0.15) is 0 Å². The number of nitrogens with zero attached hydrogens (tertiary/aromatic N) is 2. The zero-order chi connectivity index (χ0) is 17.2. The van der Waals surface area contributed by atoms with Crippen LogP contribution in [0.3, 0.4) is 0 Å². The lowest BCUT2D eigenvalue weighted by molar-refractivity contribution is -0.122. The fourth-order valence-corrected chi connectivity index (χ4v) is 2.71. The molecule has 1 aliphatic rings. The average molecular weight is 320 g/mol. The first-order chi connectivity index (χ1) is 11.5. The number of aliphatic imine (C=N–C) groups is 1. The quantitative estimate of drug-likeness (QED) is 0.918. The number of Topliss-reactive ketones (excluding diaryl/α,β-unsaturated/α-hetero) is 1. The van der Waals surface area contributed by atoms with Gasteiger partial charge in [0.15, 0.2) is 11.3 Å². The van der Waals surface area contributed by atoms with E-state index in [0.29, 0.717) is 5.69 Å². The minimum Gasteiger partial charge on any atom is -0.478 e. The number of benzene rings is 1. The number of carboxylic acid groups (broad SMARTS) is 1. The van der Waals surface area contributed by atoms with Crippen LogP contribution < -0.4 is 0 Å². The van der Waals surface area contributed by atoms with Crippen LogP contribution in [-0.4, -0.2) is 28.1 Å². The maximum absolute atomic E-state index is 13.0. The number of pyridine rings is 1. The number of ketones is 1. The summed E-state index contributed by atoms with van der Waals surface area (Å²) in [5.41, 5.74) is 1.31. The molecule has 0 bridgehead atoms. The highest BCUT2D eigenvalue weighted by Crippen LogP contribution is 2.31. The second kappa shape index (κ2) is 6.20. The normalized spacial score (nSPS) is 18.7. The van der Waals surface area contributed by atoms with Gasteiger partial charge in [-0.3, -0.25) is 14.8 Å². The van der Waals surface area contributed by atoms with E-state index in [1.165, 1.54) is 12.3 Å². The summed E-state index contributed by atoms with van der Waals surface area (Å²) in [5.74, 6) is -1.16. The van der Waals surface area contributed by atoms with Gasteiger partial charge in [0.25, 0.3) is 0 Å². The van der Waals surface area contributed by atoms with Crippen LogP contribution in [0.2, 0.25) is 0 Å². The van der Waals surface area contributed by atoms with E-state index in [0.717, 1.165) is 11.1 Å². The summed E-state index contributed by atoms with van der Waals surface area (Å²) >= 11 is 0. The Morgan fingerprint density at radius 1 is 1.17 bits per heavy atom. The van der Waals surface area contributed by atoms with E-state index in [1.807, 2.05) is 31.2 Å². The molecule has 3 rings (SSSR count). The number of hydrogen-bond donors (Lipinski definition) is 1. The van der Waals surface area contributed by atoms with E-state index in [4.69, 9.17) is 5.11 Å². The van der Waals surface area contributed by atoms with E-state index in [2.05, 4.69) is 9.98 Å². The number of allylic oxidation sites excluding steroid dienone is 1. The van der Waals surface area contributed by atoms with Gasteiger partial charge in [-0.15, -0.1) is 0 Å². The largest absolute Gasteiger partial charge is 0.478 e. The lowest BCUT2D eigenvalue weighted by Gasteiger charge is -2.22. The molecule has 0 spiro atoms. The highest BCUT2D eigenvalue weighted by Gasteiger charge is 2.39. The molecule has 0 amide bonds. The molecule has 1 unspecified atom stereocenters. The van der Waals surface area contributed by atoms with Gasteiger partial charge in [0.2, 0.25) is 0 Å². The van der Waals surface area contributed by atoms with Crippen LogP contribution in [0.25, 0.3) is 0 Å². The van der Waals surface area contributed by atoms with Crippen LogP contribution in [0.15, 0.2) is 59.7 Å². The molecule has 1 atom stereocenters. The number of aromatic carboxylic acids is 1. The predicted molar refractivity (Wildman–Crippen MR) is 90.4 cm³/mol. The first-order valence-corrected chi connectivity index (χ1v) is 7.53. The van der Waals surface area contributed by atoms with Crippen LogP contribution in [0.5, 0.6) is 0 Å². The predicted octanol–water partition coefficient (Wildman–Crippen LogP) is 2.74. The topological polar surface area (TPSA) is 79.6 Å². The summed E-state index contributed by atoms with van der Waals surface area (Å²) in [4.78, 5) is 32.5. The van der Waals surface area contributed by atoms with Gasteiger partial charge in [-0.2, -0.15) is 0 Å². The number of carbonyl (C=O) groups is 2. The van der Waals surface area contributed by atoms with Crippen LogP contribution >= 0.6 is 0 Å². The van der Waals surface area contributed by atoms with Crippen molar-refractivity contribution in [3.05, 3.63) is 77.1 Å². The van der Waals surface area contributed by atoms with Gasteiger partial charge in [0.05, 0.1) is 11.3 Å². The van der Waals surface area contributed by atoms with Gasteiger partial charge in [-0.1, -0.05) is 24.3 Å². The summed E-state index contributed by atoms with van der Waals surface area (Å²) in [7, 11) is 0. The van der Waals surface area contributed by atoms with Crippen molar-refractivity contribution in [3.63, 3.8) is 0 Å². The van der Waals surface area contributed by atoms with Crippen molar-refractivity contribution in [3.8, 4) is 0 Å². The first-order valence-electron chi connectivity index (χ1n) is 7.53. The zero-order valence-corrected chi connectivity index (χ0v) is 13.1. The second-order valence-electron chi connectivity index (χ2n) is 5.67. The van der Waals surface area contributed by atoms with Gasteiger partial charge in [-0.05, 0) is 42.3 Å². The summed E-state index contributed by atoms with van der Waals surface area (Å²) in [6.07, 6.45) is 6.47. The summed E-state index contributed by atoms with van der Waals surface area (Å²) < 4.78 is 0. The third-order valence-electron chi connectivity index (χ3n) is 4.14. The molecule has 24 heavy (non-hydrogen) atoms. The molecule has 1 aromatic carbocycles. The molecular weight excluding hydrogens is 304 g/mol.